The van der Waals surface area contributed by atoms with Gasteiger partial charge in [-0.15, -0.1) is 0 Å². The number of nitrogen functional groups attached to an aromatic ring is 1. The predicted octanol–water partition coefficient (Wildman–Crippen LogP) is 0.727. The molecule has 0 aromatic heterocycles. The van der Waals surface area contributed by atoms with E-state index in [0.717, 1.165) is 0 Å². The second-order valence-electron chi connectivity index (χ2n) is 2.26. The smallest absolute Gasteiger partial charge is 0.252 e. The Morgan fingerprint density at radius 2 is 2.08 bits per heavy atom. The number of anilines is 1. The van der Waals surface area contributed by atoms with E-state index in [4.69, 9.17) is 23.1 Å². The van der Waals surface area contributed by atoms with Crippen molar-refractivity contribution in [3.63, 3.8) is 0 Å². The molecule has 5 heteroatoms. The van der Waals surface area contributed by atoms with Gasteiger partial charge < -0.3 is 16.6 Å². The number of hydrogen-bond acceptors (Lipinski definition) is 3. The maximum atomic E-state index is 10.7. The van der Waals surface area contributed by atoms with Gasteiger partial charge in [-0.2, -0.15) is 0 Å². The Kier molecular flexibility index (Phi) is 2.10. The summed E-state index contributed by atoms with van der Waals surface area (Å²) in [6.45, 7) is 0. The second kappa shape index (κ2) is 2.91. The molecule has 0 heterocycles. The van der Waals surface area contributed by atoms with Crippen molar-refractivity contribution >= 4 is 23.2 Å². The number of hydrogen-bond donors (Lipinski definition) is 3. The molecule has 12 heavy (non-hydrogen) atoms. The predicted molar refractivity (Wildman–Crippen MR) is 46.0 cm³/mol. The molecule has 0 saturated heterocycles. The van der Waals surface area contributed by atoms with Crippen molar-refractivity contribution in [2.45, 2.75) is 0 Å². The first kappa shape index (κ1) is 8.67. The van der Waals surface area contributed by atoms with Gasteiger partial charge in [-0.1, -0.05) is 11.6 Å². The lowest BCUT2D eigenvalue weighted by atomic mass is 10.1. The summed E-state index contributed by atoms with van der Waals surface area (Å²) in [6.07, 6.45) is 0. The van der Waals surface area contributed by atoms with Gasteiger partial charge in [-0.25, -0.2) is 0 Å². The topological polar surface area (TPSA) is 89.3 Å². The Balaban J connectivity index is 3.37. The van der Waals surface area contributed by atoms with E-state index in [-0.39, 0.29) is 22.0 Å². The zero-order valence-corrected chi connectivity index (χ0v) is 6.80. The molecular weight excluding hydrogens is 180 g/mol. The summed E-state index contributed by atoms with van der Waals surface area (Å²) >= 11 is 5.53. The molecule has 1 amide bonds. The van der Waals surface area contributed by atoms with E-state index >= 15 is 0 Å². The van der Waals surface area contributed by atoms with Crippen LogP contribution in [-0.2, 0) is 0 Å². The van der Waals surface area contributed by atoms with E-state index in [1.807, 2.05) is 0 Å². The molecule has 64 valence electrons. The summed E-state index contributed by atoms with van der Waals surface area (Å²) in [5, 5.41) is 9.22. The van der Waals surface area contributed by atoms with Gasteiger partial charge in [0.1, 0.15) is 5.75 Å². The number of phenols is 1. The minimum absolute atomic E-state index is 0.0174. The molecule has 0 atom stereocenters. The first-order valence-electron chi connectivity index (χ1n) is 3.10. The van der Waals surface area contributed by atoms with Gasteiger partial charge in [0.2, 0.25) is 0 Å². The van der Waals surface area contributed by atoms with Crippen molar-refractivity contribution < 1.29 is 9.90 Å². The highest BCUT2D eigenvalue weighted by atomic mass is 35.5. The van der Waals surface area contributed by atoms with Crippen LogP contribution in [0.1, 0.15) is 10.4 Å². The van der Waals surface area contributed by atoms with E-state index in [1.165, 1.54) is 12.1 Å². The monoisotopic (exact) mass is 186 g/mol. The van der Waals surface area contributed by atoms with Gasteiger partial charge in [0.15, 0.2) is 0 Å². The minimum atomic E-state index is -0.762. The zero-order chi connectivity index (χ0) is 9.30. The van der Waals surface area contributed by atoms with Gasteiger partial charge in [0, 0.05) is 5.69 Å². The molecule has 0 bridgehead atoms. The lowest BCUT2D eigenvalue weighted by Gasteiger charge is -2.03. The summed E-state index contributed by atoms with van der Waals surface area (Å²) < 4.78 is 0. The molecule has 0 saturated carbocycles. The highest BCUT2D eigenvalue weighted by Crippen LogP contribution is 2.29. The Morgan fingerprint density at radius 3 is 2.58 bits per heavy atom. The van der Waals surface area contributed by atoms with E-state index in [0.29, 0.717) is 0 Å². The number of carbonyl (C=O) groups is 1. The number of rotatable bonds is 1. The molecule has 0 unspecified atom stereocenters. The van der Waals surface area contributed by atoms with Crippen LogP contribution in [0.25, 0.3) is 0 Å². The van der Waals surface area contributed by atoms with Gasteiger partial charge >= 0.3 is 0 Å². The summed E-state index contributed by atoms with van der Waals surface area (Å²) in [6, 6.07) is 2.60. The van der Waals surface area contributed by atoms with Gasteiger partial charge in [0.25, 0.3) is 5.91 Å². The molecule has 5 N–H and O–H groups in total. The Bertz CT molecular complexity index is 338. The molecule has 4 nitrogen and oxygen atoms in total. The number of nitrogens with two attached hydrogens (primary N) is 2. The van der Waals surface area contributed by atoms with E-state index in [9.17, 15) is 9.90 Å². The average molecular weight is 187 g/mol. The number of halogens is 1. The molecule has 1 rings (SSSR count). The first-order chi connectivity index (χ1) is 5.52. The fourth-order valence-corrected chi connectivity index (χ4v) is 1.04. The highest BCUT2D eigenvalue weighted by molar-refractivity contribution is 6.33. The molecule has 0 aliphatic rings. The lowest BCUT2D eigenvalue weighted by molar-refractivity contribution is 0.0998. The molecule has 0 spiro atoms. The average Bonchev–Trinajstić information content (AvgIpc) is 1.96. The van der Waals surface area contributed by atoms with Gasteiger partial charge in [-0.05, 0) is 12.1 Å². The zero-order valence-electron chi connectivity index (χ0n) is 6.04. The van der Waals surface area contributed by atoms with Crippen molar-refractivity contribution in [3.8, 4) is 5.75 Å². The normalized spacial score (nSPS) is 9.75. The lowest BCUT2D eigenvalue weighted by Crippen LogP contribution is -2.11. The molecule has 1 aromatic rings. The van der Waals surface area contributed by atoms with Crippen molar-refractivity contribution in [1.82, 2.24) is 0 Å². The van der Waals surface area contributed by atoms with Crippen molar-refractivity contribution in [1.29, 1.82) is 0 Å². The van der Waals surface area contributed by atoms with Crippen LogP contribution in [0.2, 0.25) is 5.02 Å². The Labute approximate surface area is 73.7 Å². The third kappa shape index (κ3) is 1.43. The first-order valence-corrected chi connectivity index (χ1v) is 3.48. The van der Waals surface area contributed by atoms with E-state index < -0.39 is 5.91 Å². The second-order valence-corrected chi connectivity index (χ2v) is 2.67. The number of primary amides is 1. The Morgan fingerprint density at radius 1 is 1.50 bits per heavy atom. The van der Waals surface area contributed by atoms with Crippen LogP contribution in [0.4, 0.5) is 5.69 Å². The maximum Gasteiger partial charge on any atom is 0.252 e. The summed E-state index contributed by atoms with van der Waals surface area (Å²) in [5.74, 6) is -1.10. The van der Waals surface area contributed by atoms with Crippen molar-refractivity contribution in [2.24, 2.45) is 5.73 Å². The maximum absolute atomic E-state index is 10.7. The fraction of sp³-hybridized carbons (Fsp3) is 0. The van der Waals surface area contributed by atoms with Crippen LogP contribution in [0, 0.1) is 0 Å². The fourth-order valence-electron chi connectivity index (χ4n) is 0.808. The number of carbonyl (C=O) groups excluding carboxylic acids is 1. The van der Waals surface area contributed by atoms with Crippen LogP contribution in [0.15, 0.2) is 12.1 Å². The largest absolute Gasteiger partial charge is 0.506 e. The number of benzene rings is 1. The van der Waals surface area contributed by atoms with Crippen molar-refractivity contribution in [2.75, 3.05) is 5.73 Å². The number of aromatic hydroxyl groups is 1. The summed E-state index contributed by atoms with van der Waals surface area (Å²) in [5.41, 5.74) is 10.5. The van der Waals surface area contributed by atoms with Gasteiger partial charge in [-0.3, -0.25) is 4.79 Å². The van der Waals surface area contributed by atoms with Crippen LogP contribution >= 0.6 is 11.6 Å². The molecular formula is C7H7ClN2O2. The third-order valence-corrected chi connectivity index (χ3v) is 1.64. The third-order valence-electron chi connectivity index (χ3n) is 1.35. The highest BCUT2D eigenvalue weighted by Gasteiger charge is 2.11. The molecule has 0 aliphatic heterocycles. The van der Waals surface area contributed by atoms with Gasteiger partial charge in [0.05, 0.1) is 10.6 Å². The van der Waals surface area contributed by atoms with Crippen LogP contribution < -0.4 is 11.5 Å². The van der Waals surface area contributed by atoms with Crippen LogP contribution in [-0.4, -0.2) is 11.0 Å². The van der Waals surface area contributed by atoms with Crippen LogP contribution in [0.3, 0.4) is 0 Å². The molecule has 1 aromatic carbocycles. The molecule has 0 aliphatic carbocycles. The summed E-state index contributed by atoms with van der Waals surface area (Å²) in [7, 11) is 0. The minimum Gasteiger partial charge on any atom is -0.506 e. The quantitative estimate of drug-likeness (QED) is 0.446. The van der Waals surface area contributed by atoms with E-state index in [2.05, 4.69) is 0 Å². The number of amides is 1. The van der Waals surface area contributed by atoms with Crippen LogP contribution in [0.5, 0.6) is 5.75 Å². The SMILES string of the molecule is NC(=O)c1cc(N)cc(Cl)c1O. The standard InChI is InChI=1S/C7H7ClN2O2/c8-5-2-3(9)1-4(6(5)11)7(10)12/h1-2,11H,9H2,(H2,10,12). The molecule has 0 fully saturated rings. The van der Waals surface area contributed by atoms with E-state index in [1.54, 1.807) is 0 Å². The Hall–Kier alpha value is -1.42. The molecule has 0 radical (unpaired) electrons. The van der Waals surface area contributed by atoms with Crippen molar-refractivity contribution in [3.05, 3.63) is 22.7 Å². The summed E-state index contributed by atoms with van der Waals surface area (Å²) in [4.78, 5) is 10.7.